The zero-order valence-corrected chi connectivity index (χ0v) is 8.90. The summed E-state index contributed by atoms with van der Waals surface area (Å²) < 4.78 is 31.9. The molecule has 0 spiro atoms. The van der Waals surface area contributed by atoms with Crippen LogP contribution in [0.1, 0.15) is 6.42 Å². The van der Waals surface area contributed by atoms with Crippen molar-refractivity contribution >= 4 is 11.9 Å². The third kappa shape index (κ3) is 2.09. The molecule has 0 aromatic carbocycles. The molecule has 1 unspecified atom stereocenters. The SMILES string of the molecule is N=C1CCN(C2O[C@H](CO)[C@H](F)[C@H]2[18F])C(=O)N1. The van der Waals surface area contributed by atoms with Crippen LogP contribution in [0.4, 0.5) is 13.6 Å². The number of amidine groups is 1. The van der Waals surface area contributed by atoms with Crippen LogP contribution < -0.4 is 5.32 Å². The van der Waals surface area contributed by atoms with Crippen LogP contribution in [0.2, 0.25) is 0 Å². The van der Waals surface area contributed by atoms with E-state index in [1.165, 1.54) is 0 Å². The summed E-state index contributed by atoms with van der Waals surface area (Å²) in [6.07, 6.45) is -6.28. The second kappa shape index (κ2) is 4.53. The van der Waals surface area contributed by atoms with Gasteiger partial charge in [0.15, 0.2) is 18.6 Å². The number of halogens is 2. The fourth-order valence-corrected chi connectivity index (χ4v) is 1.92. The van der Waals surface area contributed by atoms with Gasteiger partial charge in [-0.05, 0) is 0 Å². The first-order chi connectivity index (χ1) is 8.04. The number of aliphatic hydroxyl groups excluding tert-OH is 1. The maximum absolute atomic E-state index is 13.6. The first kappa shape index (κ1) is 12.2. The molecule has 0 saturated carbocycles. The summed E-state index contributed by atoms with van der Waals surface area (Å²) in [7, 11) is 0. The summed E-state index contributed by atoms with van der Waals surface area (Å²) in [6.45, 7) is -0.538. The zero-order chi connectivity index (χ0) is 12.6. The number of amides is 2. The molecule has 2 amide bonds. The monoisotopic (exact) mass is 248 g/mol. The molecule has 2 aliphatic heterocycles. The Morgan fingerprint density at radius 3 is 2.76 bits per heavy atom. The molecule has 2 aliphatic rings. The Bertz CT molecular complexity index is 341. The van der Waals surface area contributed by atoms with E-state index >= 15 is 0 Å². The molecule has 0 radical (unpaired) electrons. The van der Waals surface area contributed by atoms with Crippen molar-refractivity contribution in [3.05, 3.63) is 0 Å². The Morgan fingerprint density at radius 2 is 2.24 bits per heavy atom. The predicted octanol–water partition coefficient (Wildman–Crippen LogP) is -0.228. The average Bonchev–Trinajstić information content (AvgIpc) is 2.57. The maximum atomic E-state index is 13.6. The van der Waals surface area contributed by atoms with Crippen molar-refractivity contribution in [1.82, 2.24) is 10.2 Å². The normalized spacial score (nSPS) is 38.4. The van der Waals surface area contributed by atoms with E-state index in [0.29, 0.717) is 0 Å². The van der Waals surface area contributed by atoms with Crippen molar-refractivity contribution in [2.75, 3.05) is 13.2 Å². The second-order valence-corrected chi connectivity index (χ2v) is 3.99. The Balaban J connectivity index is 2.08. The van der Waals surface area contributed by atoms with Gasteiger partial charge < -0.3 is 9.84 Å². The van der Waals surface area contributed by atoms with Crippen LogP contribution in [0.15, 0.2) is 0 Å². The average molecular weight is 248 g/mol. The molecule has 2 rings (SSSR count). The molecular weight excluding hydrogens is 235 g/mol. The van der Waals surface area contributed by atoms with E-state index in [0.717, 1.165) is 4.90 Å². The number of nitrogens with one attached hydrogen (secondary N) is 2. The van der Waals surface area contributed by atoms with E-state index in [-0.39, 0.29) is 18.8 Å². The van der Waals surface area contributed by atoms with Gasteiger partial charge in [0, 0.05) is 13.0 Å². The van der Waals surface area contributed by atoms with E-state index in [4.69, 9.17) is 15.3 Å². The Hall–Kier alpha value is -1.28. The number of hydrogen-bond donors (Lipinski definition) is 3. The van der Waals surface area contributed by atoms with Gasteiger partial charge in [0.05, 0.1) is 6.61 Å². The number of carbonyl (C=O) groups excluding carboxylic acids is 1. The van der Waals surface area contributed by atoms with Crippen LogP contribution in [-0.2, 0) is 4.74 Å². The lowest BCUT2D eigenvalue weighted by molar-refractivity contribution is -0.0681. The van der Waals surface area contributed by atoms with Gasteiger partial charge in [-0.25, -0.2) is 13.6 Å². The largest absolute Gasteiger partial charge is 0.394 e. The van der Waals surface area contributed by atoms with E-state index < -0.39 is 37.3 Å². The molecule has 6 nitrogen and oxygen atoms in total. The van der Waals surface area contributed by atoms with Gasteiger partial charge in [0.1, 0.15) is 11.9 Å². The minimum absolute atomic E-state index is 0.0372. The molecule has 0 aromatic rings. The fourth-order valence-electron chi connectivity index (χ4n) is 1.92. The summed E-state index contributed by atoms with van der Waals surface area (Å²) in [5.41, 5.74) is 0. The van der Waals surface area contributed by atoms with Crippen molar-refractivity contribution in [1.29, 1.82) is 5.41 Å². The molecule has 0 aliphatic carbocycles. The van der Waals surface area contributed by atoms with E-state index in [1.807, 2.05) is 0 Å². The predicted molar refractivity (Wildman–Crippen MR) is 53.1 cm³/mol. The first-order valence-corrected chi connectivity index (χ1v) is 5.24. The van der Waals surface area contributed by atoms with Gasteiger partial charge in [-0.1, -0.05) is 0 Å². The second-order valence-electron chi connectivity index (χ2n) is 3.99. The van der Waals surface area contributed by atoms with Crippen molar-refractivity contribution in [2.24, 2.45) is 0 Å². The molecule has 2 heterocycles. The molecule has 8 heteroatoms. The highest BCUT2D eigenvalue weighted by atomic mass is 19.1. The zero-order valence-electron chi connectivity index (χ0n) is 8.90. The van der Waals surface area contributed by atoms with Gasteiger partial charge in [0.25, 0.3) is 0 Å². The molecule has 2 fully saturated rings. The van der Waals surface area contributed by atoms with Crippen molar-refractivity contribution in [2.45, 2.75) is 31.1 Å². The molecule has 96 valence electrons. The summed E-state index contributed by atoms with van der Waals surface area (Å²) >= 11 is 0. The van der Waals surface area contributed by atoms with Gasteiger partial charge in [-0.3, -0.25) is 15.6 Å². The number of ether oxygens (including phenoxy) is 1. The van der Waals surface area contributed by atoms with E-state index in [1.54, 1.807) is 0 Å². The van der Waals surface area contributed by atoms with Crippen LogP contribution in [0, 0.1) is 5.41 Å². The van der Waals surface area contributed by atoms with Crippen LogP contribution in [0.25, 0.3) is 0 Å². The molecule has 17 heavy (non-hydrogen) atoms. The summed E-state index contributed by atoms with van der Waals surface area (Å²) in [4.78, 5) is 12.5. The van der Waals surface area contributed by atoms with Crippen molar-refractivity contribution in [3.63, 3.8) is 0 Å². The van der Waals surface area contributed by atoms with Crippen LogP contribution in [0.5, 0.6) is 0 Å². The number of carbonyl (C=O) groups is 1. The Kier molecular flexibility index (Phi) is 3.25. The van der Waals surface area contributed by atoms with Gasteiger partial charge in [-0.2, -0.15) is 0 Å². The highest BCUT2D eigenvalue weighted by molar-refractivity contribution is 5.98. The smallest absolute Gasteiger partial charge is 0.324 e. The minimum Gasteiger partial charge on any atom is -0.394 e. The van der Waals surface area contributed by atoms with Gasteiger partial charge in [-0.15, -0.1) is 0 Å². The molecular formula is C9H13F2N3O3. The standard InChI is InChI=1S/C9H13F2N3O3/c10-6-4(3-15)17-8(7(6)11)14-2-1-5(12)13-9(14)16/h4,6-8,15H,1-3H2,(H2,12,13,16)/t4-,6+,7-,8?/m1/s1/i11-1. The number of rotatable bonds is 2. The highest BCUT2D eigenvalue weighted by Crippen LogP contribution is 2.29. The highest BCUT2D eigenvalue weighted by Gasteiger charge is 2.49. The lowest BCUT2D eigenvalue weighted by Crippen LogP contribution is -2.55. The van der Waals surface area contributed by atoms with Crippen LogP contribution in [0.3, 0.4) is 0 Å². The van der Waals surface area contributed by atoms with Crippen molar-refractivity contribution in [3.8, 4) is 0 Å². The number of aliphatic hydroxyl groups is 1. The minimum atomic E-state index is -1.98. The number of urea groups is 1. The lowest BCUT2D eigenvalue weighted by atomic mass is 10.1. The number of hydrogen-bond acceptors (Lipinski definition) is 4. The van der Waals surface area contributed by atoms with E-state index in [9.17, 15) is 13.6 Å². The number of alkyl halides is 2. The maximum Gasteiger partial charge on any atom is 0.324 e. The third-order valence-electron chi connectivity index (χ3n) is 2.85. The fraction of sp³-hybridized carbons (Fsp3) is 0.778. The number of nitrogens with zero attached hydrogens (tertiary/aromatic N) is 1. The van der Waals surface area contributed by atoms with Crippen LogP contribution in [-0.4, -0.2) is 59.7 Å². The van der Waals surface area contributed by atoms with Crippen LogP contribution >= 0.6 is 0 Å². The van der Waals surface area contributed by atoms with Gasteiger partial charge in [0.2, 0.25) is 0 Å². The van der Waals surface area contributed by atoms with Crippen molar-refractivity contribution < 1.29 is 23.4 Å². The molecule has 2 saturated heterocycles. The summed E-state index contributed by atoms with van der Waals surface area (Å²) in [6, 6.07) is -0.681. The molecule has 0 aromatic heterocycles. The van der Waals surface area contributed by atoms with E-state index in [2.05, 4.69) is 5.32 Å². The Labute approximate surface area is 96.0 Å². The molecule has 3 N–H and O–H groups in total. The molecule has 4 atom stereocenters. The summed E-state index contributed by atoms with van der Waals surface area (Å²) in [5.74, 6) is 0.0372. The molecule has 0 bridgehead atoms. The first-order valence-electron chi connectivity index (χ1n) is 5.24. The lowest BCUT2D eigenvalue weighted by Gasteiger charge is -2.32. The summed E-state index contributed by atoms with van der Waals surface area (Å²) in [5, 5.41) is 18.2. The Morgan fingerprint density at radius 1 is 1.53 bits per heavy atom. The quantitative estimate of drug-likeness (QED) is 0.631. The van der Waals surface area contributed by atoms with Gasteiger partial charge >= 0.3 is 6.03 Å². The third-order valence-corrected chi connectivity index (χ3v) is 2.85. The topological polar surface area (TPSA) is 85.7 Å².